The van der Waals surface area contributed by atoms with E-state index < -0.39 is 11.2 Å². The smallest absolute Gasteiger partial charge is 0.306 e. The Morgan fingerprint density at radius 1 is 1.03 bits per heavy atom. The number of imidazole rings is 1. The Hall–Kier alpha value is -4.01. The minimum absolute atomic E-state index is 0.0365. The van der Waals surface area contributed by atoms with Crippen LogP contribution in [-0.4, -0.2) is 24.4 Å². The van der Waals surface area contributed by atoms with Gasteiger partial charge in [0.2, 0.25) is 5.95 Å². The molecule has 0 saturated carbocycles. The first-order valence-electron chi connectivity index (χ1n) is 10.8. The van der Waals surface area contributed by atoms with Gasteiger partial charge in [0.05, 0.1) is 12.3 Å². The average molecular weight is 446 g/mol. The minimum Gasteiger partial charge on any atom is -0.306 e. The number of nitrogens with zero attached hydrogens (tertiary/aromatic N) is 5. The number of hydrazone groups is 1. The summed E-state index contributed by atoms with van der Waals surface area (Å²) < 4.78 is 17.3. The van der Waals surface area contributed by atoms with Crippen LogP contribution in [0.2, 0.25) is 0 Å². The molecule has 168 valence electrons. The molecular formula is C24H23FN6O2. The molecular weight excluding hydrogens is 423 g/mol. The van der Waals surface area contributed by atoms with E-state index in [1.807, 2.05) is 12.1 Å². The third-order valence-corrected chi connectivity index (χ3v) is 6.09. The van der Waals surface area contributed by atoms with Gasteiger partial charge >= 0.3 is 5.69 Å². The lowest BCUT2D eigenvalue weighted by Crippen LogP contribution is -2.39. The van der Waals surface area contributed by atoms with E-state index in [0.717, 1.165) is 35.1 Å². The largest absolute Gasteiger partial charge is 0.332 e. The molecule has 1 aliphatic carbocycles. The number of nitrogens with one attached hydrogen (secondary N) is 1. The highest BCUT2D eigenvalue weighted by Crippen LogP contribution is 2.22. The van der Waals surface area contributed by atoms with Crippen molar-refractivity contribution in [3.63, 3.8) is 0 Å². The van der Waals surface area contributed by atoms with Gasteiger partial charge in [-0.1, -0.05) is 36.4 Å². The number of rotatable bonds is 4. The van der Waals surface area contributed by atoms with Crippen LogP contribution in [0.5, 0.6) is 0 Å². The number of halogens is 1. The number of aromatic nitrogens is 4. The quantitative estimate of drug-likeness (QED) is 0.489. The molecule has 0 spiro atoms. The summed E-state index contributed by atoms with van der Waals surface area (Å²) in [6.45, 7) is 0.0365. The molecule has 33 heavy (non-hydrogen) atoms. The molecule has 4 aromatic rings. The van der Waals surface area contributed by atoms with Gasteiger partial charge in [0.15, 0.2) is 11.2 Å². The molecule has 0 fully saturated rings. The fraction of sp³-hybridized carbons (Fsp3) is 0.250. The highest BCUT2D eigenvalue weighted by Gasteiger charge is 2.20. The van der Waals surface area contributed by atoms with Crippen LogP contribution in [0, 0.1) is 5.82 Å². The van der Waals surface area contributed by atoms with Crippen molar-refractivity contribution in [1.29, 1.82) is 0 Å². The molecule has 9 heteroatoms. The first kappa shape index (κ1) is 20.9. The Balaban J connectivity index is 1.55. The molecule has 5 rings (SSSR count). The second-order valence-corrected chi connectivity index (χ2v) is 8.21. The summed E-state index contributed by atoms with van der Waals surface area (Å²) in [6.07, 6.45) is 2.89. The summed E-state index contributed by atoms with van der Waals surface area (Å²) in [4.78, 5) is 30.6. The van der Waals surface area contributed by atoms with Crippen LogP contribution in [0.15, 0.2) is 63.2 Å². The molecule has 0 unspecified atom stereocenters. The molecule has 0 atom stereocenters. The summed E-state index contributed by atoms with van der Waals surface area (Å²) in [6, 6.07) is 13.9. The molecule has 2 aromatic carbocycles. The first-order valence-corrected chi connectivity index (χ1v) is 10.8. The molecule has 0 radical (unpaired) electrons. The van der Waals surface area contributed by atoms with Gasteiger partial charge in [-0.3, -0.25) is 13.9 Å². The fourth-order valence-electron chi connectivity index (χ4n) is 4.29. The number of hydrogen-bond donors (Lipinski definition) is 1. The Kier molecular flexibility index (Phi) is 5.16. The van der Waals surface area contributed by atoms with Crippen LogP contribution in [0.25, 0.3) is 11.2 Å². The molecule has 0 saturated heterocycles. The number of anilines is 1. The zero-order valence-corrected chi connectivity index (χ0v) is 18.4. The second kappa shape index (κ2) is 8.16. The van der Waals surface area contributed by atoms with E-state index in [2.05, 4.69) is 27.6 Å². The van der Waals surface area contributed by atoms with Crippen molar-refractivity contribution in [3.05, 3.63) is 91.9 Å². The Labute approximate surface area is 188 Å². The maximum atomic E-state index is 13.2. The van der Waals surface area contributed by atoms with Crippen LogP contribution in [0.1, 0.15) is 29.5 Å². The van der Waals surface area contributed by atoms with Crippen molar-refractivity contribution < 1.29 is 4.39 Å². The van der Waals surface area contributed by atoms with Gasteiger partial charge in [-0.2, -0.15) is 10.1 Å². The lowest BCUT2D eigenvalue weighted by atomic mass is 9.90. The van der Waals surface area contributed by atoms with Gasteiger partial charge in [-0.15, -0.1) is 0 Å². The summed E-state index contributed by atoms with van der Waals surface area (Å²) in [5, 5.41) is 4.58. The Bertz CT molecular complexity index is 1510. The maximum absolute atomic E-state index is 13.2. The van der Waals surface area contributed by atoms with Gasteiger partial charge in [-0.25, -0.2) is 14.6 Å². The SMILES string of the molecule is Cn1c(NN=C2CCCc3ccccc32)nc2c1c(=O)n(Cc1ccc(F)cc1)c(=O)n2C. The van der Waals surface area contributed by atoms with Crippen LogP contribution < -0.4 is 16.7 Å². The van der Waals surface area contributed by atoms with Crippen LogP contribution in [0.4, 0.5) is 10.3 Å². The summed E-state index contributed by atoms with van der Waals surface area (Å²) in [5.74, 6) is -0.00815. The number of benzene rings is 2. The maximum Gasteiger partial charge on any atom is 0.332 e. The average Bonchev–Trinajstić information content (AvgIpc) is 3.16. The number of fused-ring (bicyclic) bond motifs is 2. The van der Waals surface area contributed by atoms with E-state index >= 15 is 0 Å². The van der Waals surface area contributed by atoms with Gasteiger partial charge < -0.3 is 4.57 Å². The van der Waals surface area contributed by atoms with E-state index in [9.17, 15) is 14.0 Å². The highest BCUT2D eigenvalue weighted by atomic mass is 19.1. The van der Waals surface area contributed by atoms with Gasteiger partial charge in [0, 0.05) is 19.7 Å². The summed E-state index contributed by atoms with van der Waals surface area (Å²) in [5.41, 5.74) is 6.57. The zero-order chi connectivity index (χ0) is 23.1. The fourth-order valence-corrected chi connectivity index (χ4v) is 4.29. The number of hydrogen-bond acceptors (Lipinski definition) is 5. The van der Waals surface area contributed by atoms with E-state index in [-0.39, 0.29) is 23.5 Å². The van der Waals surface area contributed by atoms with E-state index in [4.69, 9.17) is 0 Å². The van der Waals surface area contributed by atoms with E-state index in [0.29, 0.717) is 11.5 Å². The van der Waals surface area contributed by atoms with E-state index in [1.54, 1.807) is 30.8 Å². The first-order chi connectivity index (χ1) is 15.9. The highest BCUT2D eigenvalue weighted by molar-refractivity contribution is 6.03. The molecule has 0 bridgehead atoms. The third kappa shape index (κ3) is 3.65. The lowest BCUT2D eigenvalue weighted by molar-refractivity contribution is 0.623. The third-order valence-electron chi connectivity index (χ3n) is 6.09. The van der Waals surface area contributed by atoms with Gasteiger partial charge in [0.1, 0.15) is 5.82 Å². The summed E-state index contributed by atoms with van der Waals surface area (Å²) >= 11 is 0. The predicted octanol–water partition coefficient (Wildman–Crippen LogP) is 2.77. The summed E-state index contributed by atoms with van der Waals surface area (Å²) in [7, 11) is 3.28. The van der Waals surface area contributed by atoms with Crippen LogP contribution >= 0.6 is 0 Å². The van der Waals surface area contributed by atoms with Crippen molar-refractivity contribution in [3.8, 4) is 0 Å². The van der Waals surface area contributed by atoms with Crippen molar-refractivity contribution in [2.75, 3.05) is 5.43 Å². The monoisotopic (exact) mass is 446 g/mol. The standard InChI is InChI=1S/C24H23FN6O2/c1-29-20-21(26-23(29)28-27-19-9-5-7-16-6-3-4-8-18(16)19)30(2)24(33)31(22(20)32)14-15-10-12-17(25)13-11-15/h3-4,6,8,10-13H,5,7,9,14H2,1-2H3,(H,26,28). The topological polar surface area (TPSA) is 86.2 Å². The predicted molar refractivity (Wildman–Crippen MR) is 125 cm³/mol. The molecule has 2 aromatic heterocycles. The second-order valence-electron chi connectivity index (χ2n) is 8.21. The van der Waals surface area contributed by atoms with Gasteiger partial charge in [-0.05, 0) is 42.5 Å². The van der Waals surface area contributed by atoms with Gasteiger partial charge in [0.25, 0.3) is 5.56 Å². The number of aryl methyl sites for hydroxylation is 3. The lowest BCUT2D eigenvalue weighted by Gasteiger charge is -2.17. The Morgan fingerprint density at radius 3 is 2.58 bits per heavy atom. The van der Waals surface area contributed by atoms with E-state index in [1.165, 1.54) is 22.3 Å². The molecule has 1 N–H and O–H groups in total. The zero-order valence-electron chi connectivity index (χ0n) is 18.4. The van der Waals surface area contributed by atoms with Crippen LogP contribution in [-0.2, 0) is 27.1 Å². The minimum atomic E-state index is -0.492. The van der Waals surface area contributed by atoms with Crippen molar-refractivity contribution in [2.45, 2.75) is 25.8 Å². The normalized spacial score (nSPS) is 14.6. The molecule has 0 aliphatic heterocycles. The van der Waals surface area contributed by atoms with Crippen molar-refractivity contribution in [1.82, 2.24) is 18.7 Å². The molecule has 2 heterocycles. The molecule has 8 nitrogen and oxygen atoms in total. The molecule has 0 amide bonds. The Morgan fingerprint density at radius 2 is 1.79 bits per heavy atom. The van der Waals surface area contributed by atoms with Crippen molar-refractivity contribution in [2.24, 2.45) is 19.2 Å². The van der Waals surface area contributed by atoms with Crippen molar-refractivity contribution >= 4 is 22.8 Å². The van der Waals surface area contributed by atoms with Crippen LogP contribution in [0.3, 0.4) is 0 Å². The molecule has 1 aliphatic rings.